The smallest absolute Gasteiger partial charge is 0.290 e. The molecule has 0 spiro atoms. The van der Waals surface area contributed by atoms with Crippen molar-refractivity contribution in [1.29, 1.82) is 0 Å². The molecule has 4 nitrogen and oxygen atoms in total. The van der Waals surface area contributed by atoms with Gasteiger partial charge < -0.3 is 19.0 Å². The van der Waals surface area contributed by atoms with Gasteiger partial charge in [0.05, 0.1) is 24.7 Å². The van der Waals surface area contributed by atoms with Crippen molar-refractivity contribution in [3.05, 3.63) is 0 Å². The van der Waals surface area contributed by atoms with Crippen LogP contribution >= 0.6 is 0 Å². The molecule has 0 aromatic carbocycles. The van der Waals surface area contributed by atoms with Gasteiger partial charge in [0.1, 0.15) is 6.29 Å². The first-order valence-electron chi connectivity index (χ1n) is 4.77. The molecule has 1 aliphatic carbocycles. The van der Waals surface area contributed by atoms with Gasteiger partial charge in [-0.1, -0.05) is 0 Å². The second-order valence-corrected chi connectivity index (χ2v) is 3.98. The van der Waals surface area contributed by atoms with Gasteiger partial charge in [-0.05, 0) is 0 Å². The number of carbonyl (C=O) groups excluding carboxylic acids is 1. The summed E-state index contributed by atoms with van der Waals surface area (Å²) in [6.07, 6.45) is 4.59. The van der Waals surface area contributed by atoms with Crippen LogP contribution in [-0.4, -0.2) is 30.6 Å². The quantitative estimate of drug-likeness (QED) is 0.589. The molecule has 0 N–H and O–H groups in total. The zero-order valence-corrected chi connectivity index (χ0v) is 7.27. The van der Waals surface area contributed by atoms with Crippen molar-refractivity contribution >= 4 is 6.29 Å². The van der Waals surface area contributed by atoms with Crippen LogP contribution in [0.5, 0.6) is 0 Å². The minimum Gasteiger partial charge on any atom is -0.324 e. The molecule has 4 fully saturated rings. The van der Waals surface area contributed by atoms with Gasteiger partial charge in [0.2, 0.25) is 0 Å². The fourth-order valence-electron chi connectivity index (χ4n) is 2.55. The molecule has 0 radical (unpaired) electrons. The summed E-state index contributed by atoms with van der Waals surface area (Å²) in [5.41, 5.74) is 0. The Morgan fingerprint density at radius 1 is 1.08 bits per heavy atom. The van der Waals surface area contributed by atoms with Crippen molar-refractivity contribution in [3.8, 4) is 0 Å². The summed E-state index contributed by atoms with van der Waals surface area (Å²) < 4.78 is 16.7. The number of carbonyl (C=O) groups is 1. The van der Waals surface area contributed by atoms with Crippen LogP contribution < -0.4 is 0 Å². The Balaban J connectivity index is 1.87. The maximum absolute atomic E-state index is 10.4. The highest BCUT2D eigenvalue weighted by Gasteiger charge is 2.54. The van der Waals surface area contributed by atoms with Gasteiger partial charge >= 0.3 is 0 Å². The predicted molar refractivity (Wildman–Crippen MR) is 41.9 cm³/mol. The van der Waals surface area contributed by atoms with Crippen LogP contribution in [0.1, 0.15) is 25.7 Å². The van der Waals surface area contributed by atoms with Gasteiger partial charge in [0.15, 0.2) is 0 Å². The number of ether oxygens (including phenoxy) is 3. The van der Waals surface area contributed by atoms with E-state index in [1.165, 1.54) is 0 Å². The van der Waals surface area contributed by atoms with Gasteiger partial charge in [-0.15, -0.1) is 0 Å². The minimum absolute atomic E-state index is 0.191. The van der Waals surface area contributed by atoms with Crippen LogP contribution in [0.25, 0.3) is 0 Å². The van der Waals surface area contributed by atoms with Crippen molar-refractivity contribution in [3.63, 3.8) is 0 Å². The Morgan fingerprint density at radius 2 is 1.54 bits per heavy atom. The van der Waals surface area contributed by atoms with E-state index in [4.69, 9.17) is 14.2 Å². The molecule has 4 rings (SSSR count). The van der Waals surface area contributed by atoms with Crippen LogP contribution in [0.2, 0.25) is 0 Å². The van der Waals surface area contributed by atoms with E-state index in [0.717, 1.165) is 25.5 Å². The average molecular weight is 184 g/mol. The first-order valence-corrected chi connectivity index (χ1v) is 4.77. The van der Waals surface area contributed by atoms with Gasteiger partial charge in [-0.25, -0.2) is 0 Å². The van der Waals surface area contributed by atoms with Crippen LogP contribution in [0.4, 0.5) is 0 Å². The Kier molecular flexibility index (Phi) is 1.54. The molecule has 4 aliphatic rings. The normalized spacial score (nSPS) is 52.5. The predicted octanol–water partition coefficient (Wildman–Crippen LogP) is 0.596. The fourth-order valence-corrected chi connectivity index (χ4v) is 2.55. The summed E-state index contributed by atoms with van der Waals surface area (Å²) in [5.74, 6) is -1.02. The van der Waals surface area contributed by atoms with E-state index in [1.807, 2.05) is 0 Å². The Labute approximate surface area is 76.1 Å². The Bertz CT molecular complexity index is 202. The molecule has 4 heteroatoms. The fraction of sp³-hybridized carbons (Fsp3) is 0.889. The topological polar surface area (TPSA) is 44.8 Å². The first-order chi connectivity index (χ1) is 6.30. The zero-order valence-electron chi connectivity index (χ0n) is 7.27. The van der Waals surface area contributed by atoms with Crippen molar-refractivity contribution in [2.24, 2.45) is 0 Å². The van der Waals surface area contributed by atoms with E-state index in [1.54, 1.807) is 0 Å². The lowest BCUT2D eigenvalue weighted by Crippen LogP contribution is -2.62. The number of rotatable bonds is 2. The van der Waals surface area contributed by atoms with Gasteiger partial charge in [0, 0.05) is 19.3 Å². The molecular weight excluding hydrogens is 172 g/mol. The van der Waals surface area contributed by atoms with E-state index in [2.05, 4.69) is 0 Å². The van der Waals surface area contributed by atoms with Crippen LogP contribution in [0, 0.1) is 0 Å². The second-order valence-electron chi connectivity index (χ2n) is 3.98. The van der Waals surface area contributed by atoms with Crippen molar-refractivity contribution in [2.75, 3.05) is 0 Å². The molecule has 0 unspecified atom stereocenters. The van der Waals surface area contributed by atoms with E-state index < -0.39 is 5.97 Å². The summed E-state index contributed by atoms with van der Waals surface area (Å²) in [6.45, 7) is 0. The minimum atomic E-state index is -1.02. The summed E-state index contributed by atoms with van der Waals surface area (Å²) in [4.78, 5) is 10.4. The van der Waals surface area contributed by atoms with Crippen molar-refractivity contribution < 1.29 is 19.0 Å². The van der Waals surface area contributed by atoms with E-state index in [0.29, 0.717) is 0 Å². The monoisotopic (exact) mass is 184 g/mol. The summed E-state index contributed by atoms with van der Waals surface area (Å²) >= 11 is 0. The highest BCUT2D eigenvalue weighted by Crippen LogP contribution is 2.45. The first kappa shape index (κ1) is 7.91. The molecule has 3 saturated heterocycles. The Morgan fingerprint density at radius 3 is 1.92 bits per heavy atom. The lowest BCUT2D eigenvalue weighted by molar-refractivity contribution is -0.491. The molecule has 0 aromatic rings. The molecule has 1 saturated carbocycles. The van der Waals surface area contributed by atoms with Crippen LogP contribution in [-0.2, 0) is 19.0 Å². The third-order valence-corrected chi connectivity index (χ3v) is 2.95. The van der Waals surface area contributed by atoms with Crippen molar-refractivity contribution in [1.82, 2.24) is 0 Å². The molecular formula is C9H12O4. The third kappa shape index (κ3) is 1.13. The molecule has 13 heavy (non-hydrogen) atoms. The standard InChI is InChI=1S/C9H12O4/c10-2-1-9-11-6-3-7(12-9)5-8(4-6)13-9/h2,6-8H,1,3-5H2. The molecule has 0 amide bonds. The van der Waals surface area contributed by atoms with E-state index >= 15 is 0 Å². The molecule has 72 valence electrons. The summed E-state index contributed by atoms with van der Waals surface area (Å²) in [6, 6.07) is 0. The number of aldehydes is 1. The molecule has 0 aromatic heterocycles. The number of hydrogen-bond donors (Lipinski definition) is 0. The summed E-state index contributed by atoms with van der Waals surface area (Å²) in [5, 5.41) is 0. The molecule has 4 bridgehead atoms. The maximum Gasteiger partial charge on any atom is 0.290 e. The van der Waals surface area contributed by atoms with Gasteiger partial charge in [-0.3, -0.25) is 0 Å². The molecule has 3 heterocycles. The van der Waals surface area contributed by atoms with Crippen LogP contribution in [0.3, 0.4) is 0 Å². The molecule has 0 atom stereocenters. The highest BCUT2D eigenvalue weighted by atomic mass is 16.9. The van der Waals surface area contributed by atoms with Crippen LogP contribution in [0.15, 0.2) is 0 Å². The zero-order chi connectivity index (χ0) is 8.89. The SMILES string of the molecule is O=CCC12OC3CC(CC(C3)O1)O2. The lowest BCUT2D eigenvalue weighted by Gasteiger charge is -2.54. The average Bonchev–Trinajstić information content (AvgIpc) is 2.00. The summed E-state index contributed by atoms with van der Waals surface area (Å²) in [7, 11) is 0. The lowest BCUT2D eigenvalue weighted by atomic mass is 9.89. The maximum atomic E-state index is 10.4. The van der Waals surface area contributed by atoms with Crippen molar-refractivity contribution in [2.45, 2.75) is 50.0 Å². The largest absolute Gasteiger partial charge is 0.324 e. The van der Waals surface area contributed by atoms with Gasteiger partial charge in [0.25, 0.3) is 5.97 Å². The van der Waals surface area contributed by atoms with E-state index in [9.17, 15) is 4.79 Å². The third-order valence-electron chi connectivity index (χ3n) is 2.95. The van der Waals surface area contributed by atoms with E-state index in [-0.39, 0.29) is 24.7 Å². The Hall–Kier alpha value is -0.450. The number of hydrogen-bond acceptors (Lipinski definition) is 4. The van der Waals surface area contributed by atoms with Gasteiger partial charge in [-0.2, -0.15) is 0 Å². The molecule has 3 aliphatic heterocycles. The highest BCUT2D eigenvalue weighted by molar-refractivity contribution is 5.50. The second kappa shape index (κ2) is 2.53.